The van der Waals surface area contributed by atoms with Crippen LogP contribution < -0.4 is 5.32 Å². The van der Waals surface area contributed by atoms with Crippen LogP contribution in [0.2, 0.25) is 0 Å². The van der Waals surface area contributed by atoms with E-state index >= 15 is 0 Å². The van der Waals surface area contributed by atoms with E-state index in [-0.39, 0.29) is 0 Å². The van der Waals surface area contributed by atoms with Crippen LogP contribution in [0.3, 0.4) is 0 Å². The number of benzene rings is 1. The quantitative estimate of drug-likeness (QED) is 0.886. The number of carbonyl (C=O) groups is 1. The summed E-state index contributed by atoms with van der Waals surface area (Å²) < 4.78 is 6.63. The summed E-state index contributed by atoms with van der Waals surface area (Å²) in [5.74, 6) is 0.436. The van der Waals surface area contributed by atoms with E-state index in [2.05, 4.69) is 10.4 Å². The number of para-hydroxylation sites is 1. The number of amides is 1. The van der Waals surface area contributed by atoms with E-state index in [0.29, 0.717) is 18.1 Å². The number of ether oxygens (including phenoxy) is 1. The Balaban J connectivity index is 2.52. The highest BCUT2D eigenvalue weighted by Crippen LogP contribution is 2.23. The minimum Gasteiger partial charge on any atom is -0.465 e. The number of nitrogens with zero attached hydrogens (tertiary/aromatic N) is 2. The van der Waals surface area contributed by atoms with Gasteiger partial charge in [0, 0.05) is 12.7 Å². The lowest BCUT2D eigenvalue weighted by atomic mass is 10.2. The monoisotopic (exact) mass is 261 g/mol. The summed E-state index contributed by atoms with van der Waals surface area (Å²) in [5, 5.41) is 15.7. The normalized spacial score (nSPS) is 10.4. The number of aromatic nitrogens is 2. The van der Waals surface area contributed by atoms with E-state index < -0.39 is 6.09 Å². The molecule has 2 aromatic rings. The summed E-state index contributed by atoms with van der Waals surface area (Å²) in [5.41, 5.74) is 2.25. The van der Waals surface area contributed by atoms with Crippen LogP contribution in [0.25, 0.3) is 5.69 Å². The predicted molar refractivity (Wildman–Crippen MR) is 70.7 cm³/mol. The van der Waals surface area contributed by atoms with E-state index in [1.165, 1.54) is 0 Å². The first-order valence-electron chi connectivity index (χ1n) is 5.76. The topological polar surface area (TPSA) is 76.4 Å². The fourth-order valence-electron chi connectivity index (χ4n) is 1.82. The van der Waals surface area contributed by atoms with Crippen molar-refractivity contribution in [1.29, 1.82) is 0 Å². The summed E-state index contributed by atoms with van der Waals surface area (Å²) >= 11 is 0. The molecule has 0 aliphatic rings. The smallest absolute Gasteiger partial charge is 0.410 e. The molecule has 0 aliphatic carbocycles. The Morgan fingerprint density at radius 1 is 1.42 bits per heavy atom. The maximum absolute atomic E-state index is 10.9. The molecule has 0 radical (unpaired) electrons. The number of hydrogen-bond acceptors (Lipinski definition) is 3. The highest BCUT2D eigenvalue weighted by molar-refractivity contribution is 5.83. The Morgan fingerprint density at radius 3 is 2.68 bits per heavy atom. The molecule has 1 amide bonds. The van der Waals surface area contributed by atoms with Crippen molar-refractivity contribution in [2.24, 2.45) is 0 Å². The molecule has 0 atom stereocenters. The summed E-state index contributed by atoms with van der Waals surface area (Å²) in [4.78, 5) is 10.9. The lowest BCUT2D eigenvalue weighted by molar-refractivity contribution is 0.180. The van der Waals surface area contributed by atoms with E-state index in [1.54, 1.807) is 11.8 Å². The lowest BCUT2D eigenvalue weighted by Crippen LogP contribution is -2.12. The number of methoxy groups -OCH3 is 1. The zero-order chi connectivity index (χ0) is 13.8. The van der Waals surface area contributed by atoms with Gasteiger partial charge in [-0.05, 0) is 19.1 Å². The van der Waals surface area contributed by atoms with Crippen molar-refractivity contribution in [3.05, 3.63) is 41.6 Å². The third-order valence-electron chi connectivity index (χ3n) is 2.73. The second-order valence-corrected chi connectivity index (χ2v) is 4.03. The molecule has 100 valence electrons. The number of nitrogens with one attached hydrogen (secondary N) is 1. The molecule has 0 spiro atoms. The van der Waals surface area contributed by atoms with Crippen LogP contribution in [-0.4, -0.2) is 28.1 Å². The van der Waals surface area contributed by atoms with Crippen LogP contribution in [0.15, 0.2) is 30.3 Å². The second kappa shape index (κ2) is 5.53. The number of hydrogen-bond donors (Lipinski definition) is 2. The number of carboxylic acid groups (broad SMARTS) is 1. The van der Waals surface area contributed by atoms with Crippen LogP contribution in [0.1, 0.15) is 11.3 Å². The summed E-state index contributed by atoms with van der Waals surface area (Å²) in [6, 6.07) is 9.34. The first-order chi connectivity index (χ1) is 9.13. The van der Waals surface area contributed by atoms with Crippen LogP contribution in [0.5, 0.6) is 0 Å². The zero-order valence-electron chi connectivity index (χ0n) is 10.8. The molecular weight excluding hydrogens is 246 g/mol. The zero-order valence-corrected chi connectivity index (χ0v) is 10.8. The fourth-order valence-corrected chi connectivity index (χ4v) is 1.82. The van der Waals surface area contributed by atoms with Crippen LogP contribution in [0.4, 0.5) is 10.6 Å². The molecule has 0 bridgehead atoms. The predicted octanol–water partition coefficient (Wildman–Crippen LogP) is 2.42. The van der Waals surface area contributed by atoms with E-state index in [0.717, 1.165) is 11.3 Å². The molecule has 6 heteroatoms. The third kappa shape index (κ3) is 2.74. The molecule has 1 aromatic heterocycles. The highest BCUT2D eigenvalue weighted by Gasteiger charge is 2.17. The Hall–Kier alpha value is -2.34. The van der Waals surface area contributed by atoms with Gasteiger partial charge >= 0.3 is 6.09 Å². The standard InChI is InChI=1S/C13H15N3O3/c1-9-11(8-19-2)15-16(12(9)14-13(17)18)10-6-4-3-5-7-10/h3-7,14H,8H2,1-2H3,(H,17,18). The Morgan fingerprint density at radius 2 is 2.11 bits per heavy atom. The van der Waals surface area contributed by atoms with Gasteiger partial charge in [-0.2, -0.15) is 5.10 Å². The van der Waals surface area contributed by atoms with E-state index in [1.807, 2.05) is 37.3 Å². The SMILES string of the molecule is COCc1nn(-c2ccccc2)c(NC(=O)O)c1C. The van der Waals surface area contributed by atoms with Gasteiger partial charge in [0.15, 0.2) is 0 Å². The molecule has 19 heavy (non-hydrogen) atoms. The summed E-state index contributed by atoms with van der Waals surface area (Å²) in [7, 11) is 1.57. The van der Waals surface area contributed by atoms with Gasteiger partial charge in [0.1, 0.15) is 5.82 Å². The second-order valence-electron chi connectivity index (χ2n) is 4.03. The van der Waals surface area contributed by atoms with Gasteiger partial charge < -0.3 is 9.84 Å². The average Bonchev–Trinajstić information content (AvgIpc) is 2.69. The van der Waals surface area contributed by atoms with Crippen LogP contribution in [-0.2, 0) is 11.3 Å². The van der Waals surface area contributed by atoms with Crippen molar-refractivity contribution < 1.29 is 14.6 Å². The Bertz CT molecular complexity index is 578. The lowest BCUT2D eigenvalue weighted by Gasteiger charge is -2.07. The average molecular weight is 261 g/mol. The molecule has 6 nitrogen and oxygen atoms in total. The molecule has 1 heterocycles. The van der Waals surface area contributed by atoms with Crippen molar-refractivity contribution in [3.63, 3.8) is 0 Å². The molecule has 1 aromatic carbocycles. The van der Waals surface area contributed by atoms with Crippen LogP contribution in [0, 0.1) is 6.92 Å². The molecule has 0 saturated carbocycles. The minimum atomic E-state index is -1.12. The van der Waals surface area contributed by atoms with Gasteiger partial charge in [-0.1, -0.05) is 18.2 Å². The van der Waals surface area contributed by atoms with Crippen molar-refractivity contribution in [1.82, 2.24) is 9.78 Å². The van der Waals surface area contributed by atoms with Crippen molar-refractivity contribution >= 4 is 11.9 Å². The Labute approximate surface area is 110 Å². The largest absolute Gasteiger partial charge is 0.465 e. The van der Waals surface area contributed by atoms with Crippen molar-refractivity contribution in [3.8, 4) is 5.69 Å². The van der Waals surface area contributed by atoms with Gasteiger partial charge in [0.25, 0.3) is 0 Å². The Kier molecular flexibility index (Phi) is 3.82. The number of rotatable bonds is 4. The van der Waals surface area contributed by atoms with E-state index in [9.17, 15) is 4.79 Å². The molecular formula is C13H15N3O3. The molecule has 0 aliphatic heterocycles. The first-order valence-corrected chi connectivity index (χ1v) is 5.76. The first kappa shape index (κ1) is 13.1. The van der Waals surface area contributed by atoms with Gasteiger partial charge in [-0.25, -0.2) is 9.48 Å². The molecule has 2 N–H and O–H groups in total. The molecule has 0 unspecified atom stereocenters. The van der Waals surface area contributed by atoms with Gasteiger partial charge in [-0.3, -0.25) is 5.32 Å². The van der Waals surface area contributed by atoms with Gasteiger partial charge in [-0.15, -0.1) is 0 Å². The molecule has 0 fully saturated rings. The summed E-state index contributed by atoms with van der Waals surface area (Å²) in [6.45, 7) is 2.14. The molecule has 2 rings (SSSR count). The van der Waals surface area contributed by atoms with Crippen molar-refractivity contribution in [2.75, 3.05) is 12.4 Å². The summed E-state index contributed by atoms with van der Waals surface area (Å²) in [6.07, 6.45) is -1.12. The van der Waals surface area contributed by atoms with Crippen LogP contribution >= 0.6 is 0 Å². The molecule has 0 saturated heterocycles. The minimum absolute atomic E-state index is 0.333. The third-order valence-corrected chi connectivity index (χ3v) is 2.73. The highest BCUT2D eigenvalue weighted by atomic mass is 16.5. The van der Waals surface area contributed by atoms with Gasteiger partial charge in [0.05, 0.1) is 18.0 Å². The number of anilines is 1. The fraction of sp³-hybridized carbons (Fsp3) is 0.231. The van der Waals surface area contributed by atoms with Crippen molar-refractivity contribution in [2.45, 2.75) is 13.5 Å². The van der Waals surface area contributed by atoms with Gasteiger partial charge in [0.2, 0.25) is 0 Å². The maximum atomic E-state index is 10.9. The maximum Gasteiger partial charge on any atom is 0.410 e. The van der Waals surface area contributed by atoms with E-state index in [4.69, 9.17) is 9.84 Å².